The van der Waals surface area contributed by atoms with Crippen LogP contribution < -0.4 is 10.5 Å². The molecule has 1 aromatic heterocycles. The molecule has 0 radical (unpaired) electrons. The number of carbonyl (C=O) groups is 1. The van der Waals surface area contributed by atoms with Gasteiger partial charge in [0.15, 0.2) is 11.5 Å². The topological polar surface area (TPSA) is 72.5 Å². The smallest absolute Gasteiger partial charge is 0.308 e. The van der Waals surface area contributed by atoms with E-state index in [0.717, 1.165) is 10.4 Å². The Hall–Kier alpha value is -1.56. The lowest BCUT2D eigenvalue weighted by Crippen LogP contribution is -2.10. The summed E-state index contributed by atoms with van der Waals surface area (Å²) in [5.74, 6) is -0.417. The van der Waals surface area contributed by atoms with Gasteiger partial charge in [-0.3, -0.25) is 4.79 Å². The molecule has 0 unspecified atom stereocenters. The molecule has 1 atom stereocenters. The maximum atomic E-state index is 10.8. The van der Waals surface area contributed by atoms with E-state index in [-0.39, 0.29) is 29.9 Å². The van der Waals surface area contributed by atoms with Gasteiger partial charge in [0.05, 0.1) is 6.04 Å². The first-order chi connectivity index (χ1) is 8.58. The van der Waals surface area contributed by atoms with E-state index >= 15 is 0 Å². The summed E-state index contributed by atoms with van der Waals surface area (Å²) < 4.78 is 4.84. The van der Waals surface area contributed by atoms with Crippen LogP contribution in [0, 0.1) is 0 Å². The van der Waals surface area contributed by atoms with Gasteiger partial charge in [-0.15, -0.1) is 23.7 Å². The summed E-state index contributed by atoms with van der Waals surface area (Å²) in [5, 5.41) is 11.7. The lowest BCUT2D eigenvalue weighted by molar-refractivity contribution is -0.132. The lowest BCUT2D eigenvalue weighted by Gasteiger charge is -2.12. The maximum Gasteiger partial charge on any atom is 0.308 e. The third-order valence-corrected chi connectivity index (χ3v) is 3.40. The molecule has 0 aliphatic carbocycles. The summed E-state index contributed by atoms with van der Waals surface area (Å²) in [6.07, 6.45) is 0. The van der Waals surface area contributed by atoms with Crippen molar-refractivity contribution in [2.75, 3.05) is 0 Å². The van der Waals surface area contributed by atoms with Crippen LogP contribution in [0.1, 0.15) is 23.4 Å². The van der Waals surface area contributed by atoms with Crippen LogP contribution in [-0.4, -0.2) is 11.1 Å². The second-order valence-corrected chi connectivity index (χ2v) is 4.79. The highest BCUT2D eigenvalue weighted by molar-refractivity contribution is 7.10. The van der Waals surface area contributed by atoms with Crippen molar-refractivity contribution < 1.29 is 14.6 Å². The first-order valence-electron chi connectivity index (χ1n) is 5.38. The highest BCUT2D eigenvalue weighted by Gasteiger charge is 2.13. The maximum absolute atomic E-state index is 10.8. The number of ether oxygens (including phenoxy) is 1. The quantitative estimate of drug-likeness (QED) is 0.675. The number of nitrogens with two attached hydrogens (primary N) is 1. The minimum Gasteiger partial charge on any atom is -0.504 e. The number of hydrogen-bond acceptors (Lipinski definition) is 5. The molecule has 0 amide bonds. The highest BCUT2D eigenvalue weighted by atomic mass is 35.5. The van der Waals surface area contributed by atoms with Gasteiger partial charge < -0.3 is 15.6 Å². The van der Waals surface area contributed by atoms with Gasteiger partial charge in [-0.05, 0) is 29.1 Å². The molecule has 4 nitrogen and oxygen atoms in total. The predicted molar refractivity (Wildman–Crippen MR) is 77.0 cm³/mol. The molecular weight excluding hydrogens is 286 g/mol. The fourth-order valence-corrected chi connectivity index (χ4v) is 2.36. The zero-order valence-corrected chi connectivity index (χ0v) is 11.8. The number of carbonyl (C=O) groups excluding carboxylic acids is 1. The first-order valence-corrected chi connectivity index (χ1v) is 6.26. The van der Waals surface area contributed by atoms with Crippen molar-refractivity contribution in [1.82, 2.24) is 0 Å². The molecule has 0 bridgehead atoms. The SMILES string of the molecule is CC(=O)Oc1ccc([C@@H](N)c2cccs2)cc1O.Cl. The van der Waals surface area contributed by atoms with E-state index in [1.807, 2.05) is 17.5 Å². The molecule has 0 aliphatic heterocycles. The van der Waals surface area contributed by atoms with E-state index in [2.05, 4.69) is 0 Å². The van der Waals surface area contributed by atoms with E-state index < -0.39 is 5.97 Å². The fourth-order valence-electron chi connectivity index (χ4n) is 1.60. The van der Waals surface area contributed by atoms with E-state index in [4.69, 9.17) is 10.5 Å². The molecule has 102 valence electrons. The summed E-state index contributed by atoms with van der Waals surface area (Å²) >= 11 is 1.55. The van der Waals surface area contributed by atoms with Crippen LogP contribution in [0.5, 0.6) is 11.5 Å². The summed E-state index contributed by atoms with van der Waals surface area (Å²) in [4.78, 5) is 11.8. The van der Waals surface area contributed by atoms with Gasteiger partial charge in [-0.25, -0.2) is 0 Å². The van der Waals surface area contributed by atoms with Crippen LogP contribution in [-0.2, 0) is 4.79 Å². The van der Waals surface area contributed by atoms with Gasteiger partial charge in [0.25, 0.3) is 0 Å². The van der Waals surface area contributed by atoms with Gasteiger partial charge in [0, 0.05) is 11.8 Å². The van der Waals surface area contributed by atoms with Crippen LogP contribution in [0.4, 0.5) is 0 Å². The largest absolute Gasteiger partial charge is 0.504 e. The highest BCUT2D eigenvalue weighted by Crippen LogP contribution is 2.31. The molecule has 3 N–H and O–H groups in total. The number of phenolic OH excluding ortho intramolecular Hbond substituents is 1. The third kappa shape index (κ3) is 3.70. The zero-order chi connectivity index (χ0) is 13.1. The van der Waals surface area contributed by atoms with E-state index in [9.17, 15) is 9.90 Å². The van der Waals surface area contributed by atoms with E-state index in [0.29, 0.717) is 0 Å². The Labute approximate surface area is 121 Å². The van der Waals surface area contributed by atoms with E-state index in [1.165, 1.54) is 13.0 Å². The minimum atomic E-state index is -0.472. The van der Waals surface area contributed by atoms with Crippen molar-refractivity contribution in [3.63, 3.8) is 0 Å². The molecule has 0 saturated heterocycles. The second kappa shape index (κ2) is 6.56. The predicted octanol–water partition coefficient (Wildman–Crippen LogP) is 2.85. The molecule has 1 aromatic carbocycles. The molecule has 1 heterocycles. The van der Waals surface area contributed by atoms with Gasteiger partial charge in [-0.1, -0.05) is 12.1 Å². The monoisotopic (exact) mass is 299 g/mol. The van der Waals surface area contributed by atoms with Gasteiger partial charge in [0.2, 0.25) is 0 Å². The number of aromatic hydroxyl groups is 1. The molecule has 0 aliphatic rings. The van der Waals surface area contributed by atoms with Crippen molar-refractivity contribution >= 4 is 29.7 Å². The Balaban J connectivity index is 0.00000180. The molecule has 0 fully saturated rings. The number of halogens is 1. The van der Waals surface area contributed by atoms with Crippen LogP contribution in [0.2, 0.25) is 0 Å². The van der Waals surface area contributed by atoms with Crippen molar-refractivity contribution in [3.8, 4) is 11.5 Å². The van der Waals surface area contributed by atoms with Gasteiger partial charge in [-0.2, -0.15) is 0 Å². The standard InChI is InChI=1S/C13H13NO3S.ClH/c1-8(15)17-11-5-4-9(7-10(11)16)13(14)12-3-2-6-18-12;/h2-7,13,16H,14H2,1H3;1H/t13-;/m1./s1. The number of rotatable bonds is 3. The summed E-state index contributed by atoms with van der Waals surface area (Å²) in [5.41, 5.74) is 6.84. The Bertz CT molecular complexity index is 557. The molecule has 6 heteroatoms. The van der Waals surface area contributed by atoms with Crippen LogP contribution in [0.3, 0.4) is 0 Å². The average molecular weight is 300 g/mol. The Morgan fingerprint density at radius 1 is 1.42 bits per heavy atom. The molecule has 0 spiro atoms. The number of hydrogen-bond donors (Lipinski definition) is 2. The summed E-state index contributed by atoms with van der Waals surface area (Å²) in [6, 6.07) is 8.37. The van der Waals surface area contributed by atoms with Crippen molar-refractivity contribution in [1.29, 1.82) is 0 Å². The number of thiophene rings is 1. The van der Waals surface area contributed by atoms with Crippen LogP contribution in [0.15, 0.2) is 35.7 Å². The fraction of sp³-hybridized carbons (Fsp3) is 0.154. The number of benzene rings is 1. The normalized spacial score (nSPS) is 11.5. The Kier molecular flexibility index (Phi) is 5.35. The van der Waals surface area contributed by atoms with Gasteiger partial charge in [0.1, 0.15) is 0 Å². The zero-order valence-electron chi connectivity index (χ0n) is 10.2. The first kappa shape index (κ1) is 15.5. The van der Waals surface area contributed by atoms with Crippen LogP contribution in [0.25, 0.3) is 0 Å². The molecule has 2 aromatic rings. The summed E-state index contributed by atoms with van der Waals surface area (Å²) in [7, 11) is 0. The van der Waals surface area contributed by atoms with E-state index in [1.54, 1.807) is 23.5 Å². The average Bonchev–Trinajstić information content (AvgIpc) is 2.84. The molecule has 2 rings (SSSR count). The number of phenols is 1. The lowest BCUT2D eigenvalue weighted by atomic mass is 10.1. The Morgan fingerprint density at radius 3 is 2.68 bits per heavy atom. The van der Waals surface area contributed by atoms with Crippen molar-refractivity contribution in [3.05, 3.63) is 46.2 Å². The number of esters is 1. The second-order valence-electron chi connectivity index (χ2n) is 3.81. The molecule has 0 saturated carbocycles. The molecular formula is C13H14ClNO3S. The van der Waals surface area contributed by atoms with Crippen molar-refractivity contribution in [2.24, 2.45) is 5.73 Å². The van der Waals surface area contributed by atoms with Gasteiger partial charge >= 0.3 is 5.97 Å². The minimum absolute atomic E-state index is 0. The third-order valence-electron chi connectivity index (χ3n) is 2.45. The Morgan fingerprint density at radius 2 is 2.16 bits per heavy atom. The molecule has 19 heavy (non-hydrogen) atoms. The van der Waals surface area contributed by atoms with Crippen LogP contribution >= 0.6 is 23.7 Å². The summed E-state index contributed by atoms with van der Waals surface area (Å²) in [6.45, 7) is 1.28. The van der Waals surface area contributed by atoms with Crippen molar-refractivity contribution in [2.45, 2.75) is 13.0 Å².